The molecule has 0 amide bonds. The zero-order valence-corrected chi connectivity index (χ0v) is 13.2. The van der Waals surface area contributed by atoms with Crippen LogP contribution in [0.3, 0.4) is 0 Å². The van der Waals surface area contributed by atoms with Gasteiger partial charge in [0.2, 0.25) is 0 Å². The molecule has 3 heteroatoms. The van der Waals surface area contributed by atoms with E-state index in [0.29, 0.717) is 12.1 Å². The van der Waals surface area contributed by atoms with Crippen LogP contribution in [0.25, 0.3) is 0 Å². The molecular weight excluding hydrogens is 269 g/mol. The first-order valence-electron chi connectivity index (χ1n) is 7.88. The van der Waals surface area contributed by atoms with Crippen LogP contribution in [0.1, 0.15) is 51.1 Å². The molecule has 1 aliphatic carbocycles. The second-order valence-corrected chi connectivity index (χ2v) is 7.33. The zero-order chi connectivity index (χ0) is 14.1. The number of fused-ring (bicyclic) bond motifs is 1. The highest BCUT2D eigenvalue weighted by Crippen LogP contribution is 2.40. The normalized spacial score (nSPS) is 33.1. The van der Waals surface area contributed by atoms with Gasteiger partial charge in [0.25, 0.3) is 0 Å². The SMILES string of the molecule is CCC1CCC(NC2CCSc3c(F)cccc32)C1C. The zero-order valence-electron chi connectivity index (χ0n) is 12.4. The molecule has 1 aromatic carbocycles. The van der Waals surface area contributed by atoms with Crippen LogP contribution >= 0.6 is 11.8 Å². The van der Waals surface area contributed by atoms with Crippen molar-refractivity contribution in [3.63, 3.8) is 0 Å². The summed E-state index contributed by atoms with van der Waals surface area (Å²) in [6, 6.07) is 6.47. The lowest BCUT2D eigenvalue weighted by Gasteiger charge is -2.31. The molecule has 3 rings (SSSR count). The highest BCUT2D eigenvalue weighted by atomic mass is 32.2. The minimum absolute atomic E-state index is 0.0510. The van der Waals surface area contributed by atoms with E-state index in [2.05, 4.69) is 25.2 Å². The van der Waals surface area contributed by atoms with Crippen molar-refractivity contribution in [2.24, 2.45) is 11.8 Å². The predicted molar refractivity (Wildman–Crippen MR) is 83.6 cm³/mol. The van der Waals surface area contributed by atoms with Crippen molar-refractivity contribution in [1.29, 1.82) is 0 Å². The quantitative estimate of drug-likeness (QED) is 0.861. The van der Waals surface area contributed by atoms with Gasteiger partial charge in [-0.2, -0.15) is 0 Å². The molecule has 20 heavy (non-hydrogen) atoms. The van der Waals surface area contributed by atoms with E-state index in [-0.39, 0.29) is 5.82 Å². The first-order valence-corrected chi connectivity index (χ1v) is 8.86. The highest BCUT2D eigenvalue weighted by molar-refractivity contribution is 7.99. The minimum atomic E-state index is -0.0510. The number of rotatable bonds is 3. The third-order valence-electron chi connectivity index (χ3n) is 5.19. The van der Waals surface area contributed by atoms with Crippen molar-refractivity contribution >= 4 is 11.8 Å². The second kappa shape index (κ2) is 6.07. The summed E-state index contributed by atoms with van der Waals surface area (Å²) in [6.07, 6.45) is 5.01. The molecule has 1 N–H and O–H groups in total. The summed E-state index contributed by atoms with van der Waals surface area (Å²) in [5, 5.41) is 3.84. The number of hydrogen-bond acceptors (Lipinski definition) is 2. The van der Waals surface area contributed by atoms with E-state index in [9.17, 15) is 4.39 Å². The van der Waals surface area contributed by atoms with E-state index in [1.54, 1.807) is 17.8 Å². The summed E-state index contributed by atoms with van der Waals surface area (Å²) in [5.74, 6) is 2.57. The van der Waals surface area contributed by atoms with Gasteiger partial charge in [0.15, 0.2) is 0 Å². The molecule has 0 bridgehead atoms. The summed E-state index contributed by atoms with van der Waals surface area (Å²) >= 11 is 1.67. The van der Waals surface area contributed by atoms with Gasteiger partial charge in [-0.1, -0.05) is 32.4 Å². The van der Waals surface area contributed by atoms with Crippen LogP contribution in [0.5, 0.6) is 0 Å². The minimum Gasteiger partial charge on any atom is -0.307 e. The average molecular weight is 293 g/mol. The number of benzene rings is 1. The molecule has 0 radical (unpaired) electrons. The maximum Gasteiger partial charge on any atom is 0.137 e. The lowest BCUT2D eigenvalue weighted by molar-refractivity contribution is 0.316. The van der Waals surface area contributed by atoms with Gasteiger partial charge in [-0.05, 0) is 48.5 Å². The third kappa shape index (κ3) is 2.62. The van der Waals surface area contributed by atoms with Crippen molar-refractivity contribution in [3.8, 4) is 0 Å². The monoisotopic (exact) mass is 293 g/mol. The fraction of sp³-hybridized carbons (Fsp3) is 0.647. The fourth-order valence-electron chi connectivity index (χ4n) is 3.88. The van der Waals surface area contributed by atoms with Crippen molar-refractivity contribution in [2.45, 2.75) is 56.5 Å². The molecule has 0 saturated heterocycles. The molecule has 0 aromatic heterocycles. The molecule has 4 unspecified atom stereocenters. The van der Waals surface area contributed by atoms with Gasteiger partial charge in [-0.15, -0.1) is 11.8 Å². The van der Waals surface area contributed by atoms with Crippen LogP contribution in [0.2, 0.25) is 0 Å². The summed E-state index contributed by atoms with van der Waals surface area (Å²) in [7, 11) is 0. The molecule has 1 aromatic rings. The van der Waals surface area contributed by atoms with Crippen molar-refractivity contribution in [3.05, 3.63) is 29.6 Å². The lowest BCUT2D eigenvalue weighted by atomic mass is 9.92. The Bertz CT molecular complexity index is 476. The third-order valence-corrected chi connectivity index (χ3v) is 6.35. The van der Waals surface area contributed by atoms with Crippen LogP contribution in [-0.4, -0.2) is 11.8 Å². The van der Waals surface area contributed by atoms with E-state index >= 15 is 0 Å². The lowest BCUT2D eigenvalue weighted by Crippen LogP contribution is -2.37. The van der Waals surface area contributed by atoms with Gasteiger partial charge >= 0.3 is 0 Å². The molecule has 4 atom stereocenters. The van der Waals surface area contributed by atoms with Crippen LogP contribution in [-0.2, 0) is 0 Å². The maximum absolute atomic E-state index is 13.9. The first-order chi connectivity index (χ1) is 9.70. The summed E-state index contributed by atoms with van der Waals surface area (Å²) in [6.45, 7) is 4.67. The van der Waals surface area contributed by atoms with Gasteiger partial charge in [0.05, 0.1) is 0 Å². The molecule has 2 aliphatic rings. The molecule has 1 saturated carbocycles. The second-order valence-electron chi connectivity index (χ2n) is 6.23. The van der Waals surface area contributed by atoms with Gasteiger partial charge in [0.1, 0.15) is 5.82 Å². The Morgan fingerprint density at radius 2 is 2.15 bits per heavy atom. The molecule has 1 nitrogen and oxygen atoms in total. The molecule has 1 aliphatic heterocycles. The Balaban J connectivity index is 1.76. The summed E-state index contributed by atoms with van der Waals surface area (Å²) < 4.78 is 13.9. The Kier molecular flexibility index (Phi) is 4.37. The van der Waals surface area contributed by atoms with E-state index in [1.165, 1.54) is 24.8 Å². The Morgan fingerprint density at radius 1 is 1.30 bits per heavy atom. The van der Waals surface area contributed by atoms with Crippen LogP contribution in [0.4, 0.5) is 4.39 Å². The summed E-state index contributed by atoms with van der Waals surface area (Å²) in [4.78, 5) is 0.869. The number of nitrogens with one attached hydrogen (secondary N) is 1. The molecule has 1 heterocycles. The average Bonchev–Trinajstić information content (AvgIpc) is 2.81. The van der Waals surface area contributed by atoms with Crippen LogP contribution < -0.4 is 5.32 Å². The maximum atomic E-state index is 13.9. The van der Waals surface area contributed by atoms with E-state index in [0.717, 1.165) is 28.9 Å². The van der Waals surface area contributed by atoms with E-state index in [1.807, 2.05) is 6.07 Å². The Labute approximate surface area is 125 Å². The predicted octanol–water partition coefficient (Wildman–Crippen LogP) is 4.78. The van der Waals surface area contributed by atoms with Gasteiger partial charge in [-0.3, -0.25) is 0 Å². The number of hydrogen-bond donors (Lipinski definition) is 1. The van der Waals surface area contributed by atoms with Crippen molar-refractivity contribution in [2.75, 3.05) is 5.75 Å². The van der Waals surface area contributed by atoms with Gasteiger partial charge < -0.3 is 5.32 Å². The molecule has 0 spiro atoms. The van der Waals surface area contributed by atoms with Crippen molar-refractivity contribution in [1.82, 2.24) is 5.32 Å². The topological polar surface area (TPSA) is 12.0 Å². The van der Waals surface area contributed by atoms with Gasteiger partial charge in [0, 0.05) is 17.0 Å². The molecule has 1 fully saturated rings. The van der Waals surface area contributed by atoms with Gasteiger partial charge in [-0.25, -0.2) is 4.39 Å². The Hall–Kier alpha value is -0.540. The van der Waals surface area contributed by atoms with Crippen LogP contribution in [0.15, 0.2) is 23.1 Å². The highest BCUT2D eigenvalue weighted by Gasteiger charge is 2.34. The largest absolute Gasteiger partial charge is 0.307 e. The number of halogens is 1. The number of thioether (sulfide) groups is 1. The Morgan fingerprint density at radius 3 is 2.90 bits per heavy atom. The fourth-order valence-corrected chi connectivity index (χ4v) is 5.02. The smallest absolute Gasteiger partial charge is 0.137 e. The molecular formula is C17H24FNS. The molecule has 110 valence electrons. The van der Waals surface area contributed by atoms with E-state index < -0.39 is 0 Å². The van der Waals surface area contributed by atoms with Crippen molar-refractivity contribution < 1.29 is 4.39 Å². The first kappa shape index (κ1) is 14.4. The summed E-state index contributed by atoms with van der Waals surface area (Å²) in [5.41, 5.74) is 1.17. The standard InChI is InChI=1S/C17H24FNS/c1-3-12-7-8-15(11(12)2)19-16-9-10-20-17-13(16)5-4-6-14(17)18/h4-6,11-12,15-16,19H,3,7-10H2,1-2H3. The van der Waals surface area contributed by atoms with E-state index in [4.69, 9.17) is 0 Å². The van der Waals surface area contributed by atoms with Crippen LogP contribution in [0, 0.1) is 17.7 Å².